The minimum atomic E-state index is -0.428. The monoisotopic (exact) mass is 478 g/mol. The first-order valence-electron chi connectivity index (χ1n) is 10.9. The molecule has 186 valence electrons. The van der Waals surface area contributed by atoms with Crippen LogP contribution in [0.4, 0.5) is 0 Å². The van der Waals surface area contributed by atoms with E-state index in [2.05, 4.69) is 23.8 Å². The normalized spacial score (nSPS) is 16.1. The number of imide groups is 2. The molecule has 0 spiro atoms. The van der Waals surface area contributed by atoms with Crippen molar-refractivity contribution in [1.29, 1.82) is 0 Å². The fraction of sp³-hybridized carbons (Fsp3) is 0.545. The predicted molar refractivity (Wildman–Crippen MR) is 118 cm³/mol. The van der Waals surface area contributed by atoms with Crippen LogP contribution in [0.25, 0.3) is 0 Å². The van der Waals surface area contributed by atoms with Crippen LogP contribution in [0, 0.1) is 0 Å². The van der Waals surface area contributed by atoms with Crippen LogP contribution in [0.1, 0.15) is 25.7 Å². The Kier molecular flexibility index (Phi) is 10.6. The number of carbonyl (C=O) groups is 6. The zero-order valence-electron chi connectivity index (χ0n) is 19.1. The zero-order chi connectivity index (χ0) is 25.1. The van der Waals surface area contributed by atoms with Crippen LogP contribution in [-0.2, 0) is 38.2 Å². The summed E-state index contributed by atoms with van der Waals surface area (Å²) in [5.74, 6) is -2.13. The van der Waals surface area contributed by atoms with Crippen LogP contribution in [-0.4, -0.2) is 97.8 Å². The molecule has 34 heavy (non-hydrogen) atoms. The van der Waals surface area contributed by atoms with Gasteiger partial charge in [0, 0.05) is 50.2 Å². The smallest absolute Gasteiger partial charge is 0.256 e. The van der Waals surface area contributed by atoms with Crippen LogP contribution in [0.5, 0.6) is 0 Å². The van der Waals surface area contributed by atoms with Gasteiger partial charge in [-0.05, 0) is 0 Å². The van der Waals surface area contributed by atoms with Gasteiger partial charge in [-0.25, -0.2) is 0 Å². The van der Waals surface area contributed by atoms with E-state index in [9.17, 15) is 28.8 Å². The van der Waals surface area contributed by atoms with Crippen molar-refractivity contribution >= 4 is 35.4 Å². The van der Waals surface area contributed by atoms with Crippen molar-refractivity contribution in [2.75, 3.05) is 52.6 Å². The van der Waals surface area contributed by atoms with Gasteiger partial charge in [-0.15, -0.1) is 0 Å². The Bertz CT molecular complexity index is 799. The Balaban J connectivity index is 1.39. The van der Waals surface area contributed by atoms with E-state index >= 15 is 0 Å². The van der Waals surface area contributed by atoms with Gasteiger partial charge in [0.05, 0.1) is 39.3 Å². The van der Waals surface area contributed by atoms with Crippen LogP contribution >= 0.6 is 0 Å². The Morgan fingerprint density at radius 2 is 1.09 bits per heavy atom. The Morgan fingerprint density at radius 3 is 1.41 bits per heavy atom. The lowest BCUT2D eigenvalue weighted by molar-refractivity contribution is -0.140. The highest BCUT2D eigenvalue weighted by atomic mass is 16.5. The van der Waals surface area contributed by atoms with E-state index in [-0.39, 0.29) is 99.9 Å². The number of nitrogens with zero attached hydrogens (tertiary/aromatic N) is 2. The molecule has 12 heteroatoms. The van der Waals surface area contributed by atoms with Gasteiger partial charge >= 0.3 is 0 Å². The average Bonchev–Trinajstić information content (AvgIpc) is 3.18. The van der Waals surface area contributed by atoms with E-state index in [4.69, 9.17) is 9.47 Å². The van der Waals surface area contributed by atoms with E-state index in [1.54, 1.807) is 0 Å². The fourth-order valence-corrected chi connectivity index (χ4v) is 3.22. The molecule has 0 aromatic rings. The molecule has 2 aliphatic rings. The van der Waals surface area contributed by atoms with Gasteiger partial charge in [0.15, 0.2) is 0 Å². The Labute approximate surface area is 197 Å². The molecule has 12 nitrogen and oxygen atoms in total. The van der Waals surface area contributed by atoms with E-state index in [0.29, 0.717) is 13.2 Å². The van der Waals surface area contributed by atoms with E-state index in [0.717, 1.165) is 9.80 Å². The number of rotatable bonds is 15. The molecular weight excluding hydrogens is 448 g/mol. The highest BCUT2D eigenvalue weighted by Crippen LogP contribution is 2.17. The summed E-state index contributed by atoms with van der Waals surface area (Å²) >= 11 is 0. The third-order valence-electron chi connectivity index (χ3n) is 5.06. The predicted octanol–water partition coefficient (Wildman–Crippen LogP) is -1.34. The first kappa shape index (κ1) is 26.9. The first-order chi connectivity index (χ1) is 16.2. The van der Waals surface area contributed by atoms with Gasteiger partial charge in [0.25, 0.3) is 11.8 Å². The summed E-state index contributed by atoms with van der Waals surface area (Å²) in [5, 5.41) is 5.27. The van der Waals surface area contributed by atoms with Crippen LogP contribution in [0.2, 0.25) is 0 Å². The SMILES string of the molecule is C=C1CC(=O)N(CCC(=O)NCCOCCOCCNC(=O)CCN2C(=O)CC(=C)C2=O)C1=O. The number of amides is 6. The molecule has 2 rings (SSSR count). The summed E-state index contributed by atoms with van der Waals surface area (Å²) < 4.78 is 10.7. The van der Waals surface area contributed by atoms with E-state index in [1.807, 2.05) is 0 Å². The number of carbonyl (C=O) groups excluding carboxylic acids is 6. The third-order valence-corrected chi connectivity index (χ3v) is 5.06. The molecule has 0 radical (unpaired) electrons. The number of nitrogens with one attached hydrogen (secondary N) is 2. The van der Waals surface area contributed by atoms with Crippen molar-refractivity contribution in [1.82, 2.24) is 20.4 Å². The lowest BCUT2D eigenvalue weighted by Gasteiger charge is -2.13. The molecule has 0 atom stereocenters. The van der Waals surface area contributed by atoms with Crippen molar-refractivity contribution in [2.24, 2.45) is 0 Å². The summed E-state index contributed by atoms with van der Waals surface area (Å²) in [5.41, 5.74) is 0.478. The molecule has 2 N–H and O–H groups in total. The maximum absolute atomic E-state index is 11.8. The van der Waals surface area contributed by atoms with Crippen molar-refractivity contribution < 1.29 is 38.2 Å². The maximum Gasteiger partial charge on any atom is 0.256 e. The minimum Gasteiger partial charge on any atom is -0.377 e. The topological polar surface area (TPSA) is 151 Å². The fourth-order valence-electron chi connectivity index (χ4n) is 3.22. The van der Waals surface area contributed by atoms with Crippen LogP contribution in [0.3, 0.4) is 0 Å². The minimum absolute atomic E-state index is 0.00258. The quantitative estimate of drug-likeness (QED) is 0.167. The molecule has 0 saturated carbocycles. The average molecular weight is 479 g/mol. The van der Waals surface area contributed by atoms with Gasteiger partial charge < -0.3 is 20.1 Å². The Hall–Kier alpha value is -3.38. The van der Waals surface area contributed by atoms with Crippen molar-refractivity contribution in [2.45, 2.75) is 25.7 Å². The molecule has 2 heterocycles. The summed E-state index contributed by atoms with van der Waals surface area (Å²) in [6.07, 6.45) is 0.0320. The number of ether oxygens (including phenoxy) is 2. The number of likely N-dealkylation sites (tertiary alicyclic amines) is 2. The molecule has 2 fully saturated rings. The second kappa shape index (κ2) is 13.4. The molecule has 0 aromatic carbocycles. The van der Waals surface area contributed by atoms with Gasteiger partial charge in [-0.2, -0.15) is 0 Å². The maximum atomic E-state index is 11.8. The molecule has 0 aliphatic carbocycles. The third kappa shape index (κ3) is 8.19. The number of hydrogen-bond donors (Lipinski definition) is 2. The molecule has 0 aromatic heterocycles. The standard InChI is InChI=1S/C22H30N4O8/c1-15-13-19(29)25(21(15)31)7-3-17(27)23-5-9-33-11-12-34-10-6-24-18(28)4-8-26-20(30)14-16(2)22(26)32/h1-14H2,(H,23,27)(H,24,28). The number of hydrogen-bond acceptors (Lipinski definition) is 8. The lowest BCUT2D eigenvalue weighted by atomic mass is 10.3. The molecule has 0 unspecified atom stereocenters. The van der Waals surface area contributed by atoms with Gasteiger partial charge in [0.2, 0.25) is 23.6 Å². The summed E-state index contributed by atoms with van der Waals surface area (Å²) in [4.78, 5) is 72.2. The summed E-state index contributed by atoms with van der Waals surface area (Å²) in [6, 6.07) is 0. The highest BCUT2D eigenvalue weighted by molar-refractivity contribution is 6.13. The second-order valence-electron chi connectivity index (χ2n) is 7.69. The van der Waals surface area contributed by atoms with Gasteiger partial charge in [0.1, 0.15) is 0 Å². The molecule has 0 bridgehead atoms. The summed E-state index contributed by atoms with van der Waals surface area (Å²) in [7, 11) is 0. The van der Waals surface area contributed by atoms with Crippen molar-refractivity contribution in [3.05, 3.63) is 24.3 Å². The van der Waals surface area contributed by atoms with E-state index < -0.39 is 11.8 Å². The second-order valence-corrected chi connectivity index (χ2v) is 7.69. The molecule has 6 amide bonds. The van der Waals surface area contributed by atoms with Gasteiger partial charge in [-0.1, -0.05) is 13.2 Å². The Morgan fingerprint density at radius 1 is 0.706 bits per heavy atom. The summed E-state index contributed by atoms with van der Waals surface area (Å²) in [6.45, 7) is 8.77. The molecule has 2 aliphatic heterocycles. The van der Waals surface area contributed by atoms with Gasteiger partial charge in [-0.3, -0.25) is 38.6 Å². The molecule has 2 saturated heterocycles. The van der Waals surface area contributed by atoms with Crippen molar-refractivity contribution in [3.63, 3.8) is 0 Å². The lowest BCUT2D eigenvalue weighted by Crippen LogP contribution is -2.35. The molecular formula is C22H30N4O8. The zero-order valence-corrected chi connectivity index (χ0v) is 19.1. The largest absolute Gasteiger partial charge is 0.377 e. The highest BCUT2D eigenvalue weighted by Gasteiger charge is 2.33. The first-order valence-corrected chi connectivity index (χ1v) is 10.9. The van der Waals surface area contributed by atoms with Crippen molar-refractivity contribution in [3.8, 4) is 0 Å². The van der Waals surface area contributed by atoms with Crippen LogP contribution in [0.15, 0.2) is 24.3 Å². The van der Waals surface area contributed by atoms with E-state index in [1.165, 1.54) is 0 Å². The van der Waals surface area contributed by atoms with Crippen LogP contribution < -0.4 is 10.6 Å².